The Morgan fingerprint density at radius 2 is 1.60 bits per heavy atom. The summed E-state index contributed by atoms with van der Waals surface area (Å²) in [6.45, 7) is 1.91. The van der Waals surface area contributed by atoms with Gasteiger partial charge < -0.3 is 10.2 Å². The van der Waals surface area contributed by atoms with E-state index in [1.165, 1.54) is 24.3 Å². The SMILES string of the molecule is CN=C(C)N(C)c1ccc(NC(=O)c2ccc(S(C)(=O)=O)cc2)cc1. The fourth-order valence-corrected chi connectivity index (χ4v) is 2.79. The first-order valence-electron chi connectivity index (χ1n) is 7.61. The quantitative estimate of drug-likeness (QED) is 0.672. The van der Waals surface area contributed by atoms with Crippen molar-refractivity contribution in [2.24, 2.45) is 4.99 Å². The van der Waals surface area contributed by atoms with Crippen molar-refractivity contribution in [1.29, 1.82) is 0 Å². The smallest absolute Gasteiger partial charge is 0.255 e. The molecule has 0 aromatic heterocycles. The Balaban J connectivity index is 2.10. The van der Waals surface area contributed by atoms with Crippen molar-refractivity contribution in [2.75, 3.05) is 30.6 Å². The van der Waals surface area contributed by atoms with E-state index in [4.69, 9.17) is 0 Å². The molecule has 0 saturated carbocycles. The minimum Gasteiger partial charge on any atom is -0.334 e. The number of aliphatic imine (C=N–C) groups is 1. The molecule has 6 nitrogen and oxygen atoms in total. The normalized spacial score (nSPS) is 11.9. The van der Waals surface area contributed by atoms with Gasteiger partial charge in [-0.15, -0.1) is 0 Å². The number of carbonyl (C=O) groups excluding carboxylic acids is 1. The number of benzene rings is 2. The van der Waals surface area contributed by atoms with Gasteiger partial charge in [0.2, 0.25) is 0 Å². The predicted molar refractivity (Wildman–Crippen MR) is 101 cm³/mol. The van der Waals surface area contributed by atoms with Crippen LogP contribution in [0.2, 0.25) is 0 Å². The van der Waals surface area contributed by atoms with Crippen LogP contribution in [-0.4, -0.2) is 40.5 Å². The number of sulfone groups is 1. The largest absolute Gasteiger partial charge is 0.334 e. The zero-order valence-corrected chi connectivity index (χ0v) is 15.5. The summed E-state index contributed by atoms with van der Waals surface area (Å²) in [6, 6.07) is 13.2. The lowest BCUT2D eigenvalue weighted by molar-refractivity contribution is 0.102. The molecule has 0 aliphatic carbocycles. The summed E-state index contributed by atoms with van der Waals surface area (Å²) < 4.78 is 22.9. The maximum absolute atomic E-state index is 12.3. The zero-order chi connectivity index (χ0) is 18.6. The molecule has 0 bridgehead atoms. The van der Waals surface area contributed by atoms with Crippen LogP contribution >= 0.6 is 0 Å². The Labute approximate surface area is 148 Å². The molecular formula is C18H21N3O3S. The van der Waals surface area contributed by atoms with Crippen LogP contribution < -0.4 is 10.2 Å². The highest BCUT2D eigenvalue weighted by atomic mass is 32.2. The van der Waals surface area contributed by atoms with Gasteiger partial charge >= 0.3 is 0 Å². The average Bonchev–Trinajstić information content (AvgIpc) is 2.60. The van der Waals surface area contributed by atoms with Crippen LogP contribution in [0.15, 0.2) is 58.4 Å². The van der Waals surface area contributed by atoms with Gasteiger partial charge in [-0.25, -0.2) is 8.42 Å². The van der Waals surface area contributed by atoms with Gasteiger partial charge in [-0.05, 0) is 55.5 Å². The first kappa shape index (κ1) is 18.7. The van der Waals surface area contributed by atoms with Gasteiger partial charge in [-0.1, -0.05) is 0 Å². The summed E-state index contributed by atoms with van der Waals surface area (Å²) in [7, 11) is 0.375. The third-order valence-electron chi connectivity index (χ3n) is 3.87. The van der Waals surface area contributed by atoms with Crippen LogP contribution in [0.3, 0.4) is 0 Å². The second kappa shape index (κ2) is 7.48. The lowest BCUT2D eigenvalue weighted by Crippen LogP contribution is -2.23. The van der Waals surface area contributed by atoms with Gasteiger partial charge in [0.1, 0.15) is 0 Å². The van der Waals surface area contributed by atoms with Crippen molar-refractivity contribution >= 4 is 33.0 Å². The van der Waals surface area contributed by atoms with E-state index in [1.807, 2.05) is 31.0 Å². The highest BCUT2D eigenvalue weighted by Gasteiger charge is 2.10. The van der Waals surface area contributed by atoms with Crippen LogP contribution in [0, 0.1) is 0 Å². The Kier molecular flexibility index (Phi) is 5.58. The summed E-state index contributed by atoms with van der Waals surface area (Å²) >= 11 is 0. The summed E-state index contributed by atoms with van der Waals surface area (Å²) in [5.74, 6) is 0.579. The van der Waals surface area contributed by atoms with Gasteiger partial charge in [0, 0.05) is 37.3 Å². The highest BCUT2D eigenvalue weighted by molar-refractivity contribution is 7.90. The molecule has 0 aliphatic heterocycles. The number of hydrogen-bond acceptors (Lipinski definition) is 4. The molecule has 0 fully saturated rings. The van der Waals surface area contributed by atoms with Crippen molar-refractivity contribution < 1.29 is 13.2 Å². The standard InChI is InChI=1S/C18H21N3O3S/c1-13(19-2)21(3)16-9-7-15(8-10-16)20-18(22)14-5-11-17(12-6-14)25(4,23)24/h5-12H,1-4H3,(H,20,22). The molecule has 2 rings (SSSR count). The monoisotopic (exact) mass is 359 g/mol. The van der Waals surface area contributed by atoms with Crippen LogP contribution in [0.5, 0.6) is 0 Å². The molecule has 0 saturated heterocycles. The molecular weight excluding hydrogens is 338 g/mol. The summed E-state index contributed by atoms with van der Waals surface area (Å²) in [6.07, 6.45) is 1.13. The Hall–Kier alpha value is -2.67. The number of nitrogens with zero attached hydrogens (tertiary/aromatic N) is 2. The predicted octanol–water partition coefficient (Wildman–Crippen LogP) is 2.83. The molecule has 0 aliphatic rings. The number of amidine groups is 1. The number of amides is 1. The maximum atomic E-state index is 12.3. The van der Waals surface area contributed by atoms with E-state index in [9.17, 15) is 13.2 Å². The zero-order valence-electron chi connectivity index (χ0n) is 14.6. The molecule has 132 valence electrons. The van der Waals surface area contributed by atoms with Crippen molar-refractivity contribution in [1.82, 2.24) is 0 Å². The van der Waals surface area contributed by atoms with E-state index < -0.39 is 9.84 Å². The van der Waals surface area contributed by atoms with Gasteiger partial charge in [0.05, 0.1) is 10.7 Å². The topological polar surface area (TPSA) is 78.8 Å². The minimum atomic E-state index is -3.27. The second-order valence-corrected chi connectivity index (χ2v) is 7.64. The first-order valence-corrected chi connectivity index (χ1v) is 9.50. The molecule has 1 amide bonds. The first-order chi connectivity index (χ1) is 11.7. The fraction of sp³-hybridized carbons (Fsp3) is 0.222. The second-order valence-electron chi connectivity index (χ2n) is 5.63. The van der Waals surface area contributed by atoms with Crippen molar-refractivity contribution in [3.8, 4) is 0 Å². The fourth-order valence-electron chi connectivity index (χ4n) is 2.16. The summed E-state index contributed by atoms with van der Waals surface area (Å²) in [5.41, 5.74) is 2.00. The molecule has 0 spiro atoms. The number of carbonyl (C=O) groups is 1. The molecule has 0 atom stereocenters. The number of nitrogens with one attached hydrogen (secondary N) is 1. The van der Waals surface area contributed by atoms with Crippen LogP contribution in [0.4, 0.5) is 11.4 Å². The number of anilines is 2. The average molecular weight is 359 g/mol. The van der Waals surface area contributed by atoms with E-state index in [0.29, 0.717) is 11.3 Å². The Morgan fingerprint density at radius 1 is 1.04 bits per heavy atom. The van der Waals surface area contributed by atoms with Crippen LogP contribution in [-0.2, 0) is 9.84 Å². The Morgan fingerprint density at radius 3 is 2.08 bits per heavy atom. The third kappa shape index (κ3) is 4.67. The molecule has 1 N–H and O–H groups in total. The van der Waals surface area contributed by atoms with Crippen LogP contribution in [0.25, 0.3) is 0 Å². The van der Waals surface area contributed by atoms with Crippen molar-refractivity contribution in [3.63, 3.8) is 0 Å². The van der Waals surface area contributed by atoms with E-state index in [-0.39, 0.29) is 10.8 Å². The van der Waals surface area contributed by atoms with E-state index >= 15 is 0 Å². The van der Waals surface area contributed by atoms with Gasteiger partial charge in [0.15, 0.2) is 9.84 Å². The molecule has 25 heavy (non-hydrogen) atoms. The lowest BCUT2D eigenvalue weighted by atomic mass is 10.2. The molecule has 2 aromatic rings. The van der Waals surface area contributed by atoms with Crippen molar-refractivity contribution in [2.45, 2.75) is 11.8 Å². The molecule has 7 heteroatoms. The van der Waals surface area contributed by atoms with E-state index in [1.54, 1.807) is 19.2 Å². The van der Waals surface area contributed by atoms with Gasteiger partial charge in [-0.3, -0.25) is 9.79 Å². The molecule has 0 radical (unpaired) electrons. The Bertz CT molecular complexity index is 886. The van der Waals surface area contributed by atoms with Gasteiger partial charge in [0.25, 0.3) is 5.91 Å². The van der Waals surface area contributed by atoms with Crippen molar-refractivity contribution in [3.05, 3.63) is 54.1 Å². The van der Waals surface area contributed by atoms with E-state index in [0.717, 1.165) is 17.8 Å². The third-order valence-corrected chi connectivity index (χ3v) is 4.99. The number of rotatable bonds is 4. The van der Waals surface area contributed by atoms with Gasteiger partial charge in [-0.2, -0.15) is 0 Å². The lowest BCUT2D eigenvalue weighted by Gasteiger charge is -2.18. The molecule has 2 aromatic carbocycles. The minimum absolute atomic E-state index is 0.185. The summed E-state index contributed by atoms with van der Waals surface area (Å²) in [5, 5.41) is 2.79. The summed E-state index contributed by atoms with van der Waals surface area (Å²) in [4.78, 5) is 18.5. The highest BCUT2D eigenvalue weighted by Crippen LogP contribution is 2.18. The molecule has 0 unspecified atom stereocenters. The number of hydrogen-bond donors (Lipinski definition) is 1. The molecule has 0 heterocycles. The van der Waals surface area contributed by atoms with E-state index in [2.05, 4.69) is 10.3 Å². The van der Waals surface area contributed by atoms with Crippen LogP contribution in [0.1, 0.15) is 17.3 Å². The maximum Gasteiger partial charge on any atom is 0.255 e.